The van der Waals surface area contributed by atoms with Gasteiger partial charge in [-0.1, -0.05) is 0 Å². The highest BCUT2D eigenvalue weighted by Crippen LogP contribution is 2.29. The van der Waals surface area contributed by atoms with Crippen LogP contribution in [0.5, 0.6) is 5.75 Å². The van der Waals surface area contributed by atoms with Crippen LogP contribution in [0, 0.1) is 0 Å². The maximum absolute atomic E-state index is 5.30. The smallest absolute Gasteiger partial charge is 0.185 e. The van der Waals surface area contributed by atoms with Gasteiger partial charge in [0, 0.05) is 35.9 Å². The molecule has 2 rings (SSSR count). The zero-order chi connectivity index (χ0) is 15.2. The van der Waals surface area contributed by atoms with E-state index in [4.69, 9.17) is 4.74 Å². The molecule has 114 valence electrons. The van der Waals surface area contributed by atoms with E-state index in [1.54, 1.807) is 18.4 Å². The molecule has 1 heterocycles. The quantitative estimate of drug-likeness (QED) is 0.785. The molecule has 0 aliphatic heterocycles. The summed E-state index contributed by atoms with van der Waals surface area (Å²) < 4.78 is 6.25. The van der Waals surface area contributed by atoms with Crippen molar-refractivity contribution in [3.8, 4) is 5.75 Å². The van der Waals surface area contributed by atoms with Gasteiger partial charge >= 0.3 is 0 Å². The lowest BCUT2D eigenvalue weighted by Gasteiger charge is -2.16. The van der Waals surface area contributed by atoms with E-state index < -0.39 is 0 Å². The van der Waals surface area contributed by atoms with Gasteiger partial charge in [-0.2, -0.15) is 0 Å². The standard InChI is InChI=1S/C15H20BrN3OS/c1-4-19(5-2)15-18-10-12(21-15)9-17-11-6-7-13(16)14(8-11)20-3/h6-8,10,17H,4-5,9H2,1-3H3. The maximum atomic E-state index is 5.30. The maximum Gasteiger partial charge on any atom is 0.185 e. The van der Waals surface area contributed by atoms with E-state index in [9.17, 15) is 0 Å². The van der Waals surface area contributed by atoms with Crippen molar-refractivity contribution in [3.63, 3.8) is 0 Å². The van der Waals surface area contributed by atoms with Gasteiger partial charge in [0.15, 0.2) is 5.13 Å². The van der Waals surface area contributed by atoms with Crippen LogP contribution in [0.3, 0.4) is 0 Å². The Balaban J connectivity index is 2.00. The van der Waals surface area contributed by atoms with Crippen LogP contribution in [0.4, 0.5) is 10.8 Å². The fourth-order valence-corrected chi connectivity index (χ4v) is 3.36. The van der Waals surface area contributed by atoms with Gasteiger partial charge in [-0.3, -0.25) is 0 Å². The van der Waals surface area contributed by atoms with Crippen molar-refractivity contribution >= 4 is 38.1 Å². The molecule has 21 heavy (non-hydrogen) atoms. The lowest BCUT2D eigenvalue weighted by atomic mass is 10.3. The molecule has 2 aromatic rings. The summed E-state index contributed by atoms with van der Waals surface area (Å²) in [5, 5.41) is 4.49. The monoisotopic (exact) mass is 369 g/mol. The Hall–Kier alpha value is -1.27. The van der Waals surface area contributed by atoms with Crippen molar-refractivity contribution in [2.24, 2.45) is 0 Å². The van der Waals surface area contributed by atoms with Crippen LogP contribution in [0.2, 0.25) is 0 Å². The Kier molecular flexibility index (Phi) is 5.87. The van der Waals surface area contributed by atoms with Gasteiger partial charge in [0.25, 0.3) is 0 Å². The van der Waals surface area contributed by atoms with Crippen LogP contribution in [0.25, 0.3) is 0 Å². The van der Waals surface area contributed by atoms with Gasteiger partial charge in [0.2, 0.25) is 0 Å². The van der Waals surface area contributed by atoms with Crippen molar-refractivity contribution in [2.75, 3.05) is 30.4 Å². The number of halogens is 1. The number of rotatable bonds is 7. The third kappa shape index (κ3) is 4.11. The predicted octanol–water partition coefficient (Wildman–Crippen LogP) is 4.37. The summed E-state index contributed by atoms with van der Waals surface area (Å²) in [6.45, 7) is 7.04. The molecule has 1 aromatic heterocycles. The first-order valence-corrected chi connectivity index (χ1v) is 8.55. The molecule has 0 atom stereocenters. The van der Waals surface area contributed by atoms with Gasteiger partial charge in [-0.25, -0.2) is 4.98 Å². The lowest BCUT2D eigenvalue weighted by molar-refractivity contribution is 0.412. The topological polar surface area (TPSA) is 37.4 Å². The normalized spacial score (nSPS) is 10.5. The van der Waals surface area contributed by atoms with Crippen LogP contribution >= 0.6 is 27.3 Å². The predicted molar refractivity (Wildman–Crippen MR) is 93.7 cm³/mol. The summed E-state index contributed by atoms with van der Waals surface area (Å²) in [4.78, 5) is 7.97. The highest BCUT2D eigenvalue weighted by Gasteiger charge is 2.08. The van der Waals surface area contributed by atoms with Crippen LogP contribution < -0.4 is 15.0 Å². The molecule has 0 aliphatic rings. The highest BCUT2D eigenvalue weighted by atomic mass is 79.9. The Morgan fingerprint density at radius 3 is 2.76 bits per heavy atom. The molecular weight excluding hydrogens is 350 g/mol. The molecule has 1 aromatic carbocycles. The molecule has 0 unspecified atom stereocenters. The van der Waals surface area contributed by atoms with Crippen molar-refractivity contribution < 1.29 is 4.74 Å². The molecule has 0 spiro atoms. The number of ether oxygens (including phenoxy) is 1. The molecule has 0 saturated carbocycles. The number of hydrogen-bond acceptors (Lipinski definition) is 5. The third-order valence-electron chi connectivity index (χ3n) is 3.19. The van der Waals surface area contributed by atoms with E-state index in [1.807, 2.05) is 24.4 Å². The largest absolute Gasteiger partial charge is 0.495 e. The van der Waals surface area contributed by atoms with E-state index in [0.29, 0.717) is 0 Å². The Morgan fingerprint density at radius 1 is 1.33 bits per heavy atom. The number of aromatic nitrogens is 1. The molecule has 0 aliphatic carbocycles. The lowest BCUT2D eigenvalue weighted by Crippen LogP contribution is -2.21. The summed E-state index contributed by atoms with van der Waals surface area (Å²) in [7, 11) is 1.67. The van der Waals surface area contributed by atoms with Crippen molar-refractivity contribution in [1.82, 2.24) is 4.98 Å². The van der Waals surface area contributed by atoms with Gasteiger partial charge in [-0.15, -0.1) is 11.3 Å². The Morgan fingerprint density at radius 2 is 2.10 bits per heavy atom. The summed E-state index contributed by atoms with van der Waals surface area (Å²) in [5.74, 6) is 0.827. The summed E-state index contributed by atoms with van der Waals surface area (Å²) in [6.07, 6.45) is 1.95. The number of methoxy groups -OCH3 is 1. The molecule has 6 heteroatoms. The van der Waals surface area contributed by atoms with E-state index >= 15 is 0 Å². The molecule has 0 amide bonds. The summed E-state index contributed by atoms with van der Waals surface area (Å²) in [6, 6.07) is 5.99. The Labute approximate surface area is 138 Å². The van der Waals surface area contributed by atoms with E-state index in [0.717, 1.165) is 40.7 Å². The van der Waals surface area contributed by atoms with Gasteiger partial charge in [0.05, 0.1) is 18.1 Å². The van der Waals surface area contributed by atoms with E-state index in [1.165, 1.54) is 4.88 Å². The third-order valence-corrected chi connectivity index (χ3v) is 4.91. The second-order valence-corrected chi connectivity index (χ2v) is 6.43. The fraction of sp³-hybridized carbons (Fsp3) is 0.400. The minimum Gasteiger partial charge on any atom is -0.495 e. The second-order valence-electron chi connectivity index (χ2n) is 4.48. The van der Waals surface area contributed by atoms with Gasteiger partial charge < -0.3 is 15.0 Å². The zero-order valence-corrected chi connectivity index (χ0v) is 14.9. The molecule has 0 fully saturated rings. The van der Waals surface area contributed by atoms with Crippen LogP contribution in [0.15, 0.2) is 28.9 Å². The molecule has 0 bridgehead atoms. The minimum atomic E-state index is 0.768. The molecule has 4 nitrogen and oxygen atoms in total. The number of nitrogens with zero attached hydrogens (tertiary/aromatic N) is 2. The van der Waals surface area contributed by atoms with E-state index in [-0.39, 0.29) is 0 Å². The first-order chi connectivity index (χ1) is 10.2. The zero-order valence-electron chi connectivity index (χ0n) is 12.5. The van der Waals surface area contributed by atoms with Crippen molar-refractivity contribution in [2.45, 2.75) is 20.4 Å². The Bertz CT molecular complexity index is 584. The minimum absolute atomic E-state index is 0.768. The fourth-order valence-electron chi connectivity index (χ4n) is 1.98. The number of hydrogen-bond donors (Lipinski definition) is 1. The first kappa shape index (κ1) is 16.1. The van der Waals surface area contributed by atoms with Crippen LogP contribution in [0.1, 0.15) is 18.7 Å². The number of benzene rings is 1. The van der Waals surface area contributed by atoms with Gasteiger partial charge in [-0.05, 0) is 41.9 Å². The average molecular weight is 370 g/mol. The highest BCUT2D eigenvalue weighted by molar-refractivity contribution is 9.10. The summed E-state index contributed by atoms with van der Waals surface area (Å²) >= 11 is 5.19. The average Bonchev–Trinajstić information content (AvgIpc) is 2.96. The van der Waals surface area contributed by atoms with Crippen LogP contribution in [-0.2, 0) is 6.54 Å². The number of nitrogens with one attached hydrogen (secondary N) is 1. The molecule has 0 radical (unpaired) electrons. The first-order valence-electron chi connectivity index (χ1n) is 6.95. The second kappa shape index (κ2) is 7.66. The molecule has 0 saturated heterocycles. The SMILES string of the molecule is CCN(CC)c1ncc(CNc2ccc(Br)c(OC)c2)s1. The van der Waals surface area contributed by atoms with E-state index in [2.05, 4.69) is 45.0 Å². The number of thiazole rings is 1. The van der Waals surface area contributed by atoms with Crippen LogP contribution in [-0.4, -0.2) is 25.2 Å². The van der Waals surface area contributed by atoms with Gasteiger partial charge in [0.1, 0.15) is 5.75 Å². The molecular formula is C15H20BrN3OS. The van der Waals surface area contributed by atoms with Crippen molar-refractivity contribution in [3.05, 3.63) is 33.7 Å². The summed E-state index contributed by atoms with van der Waals surface area (Å²) in [5.41, 5.74) is 1.04. The van der Waals surface area contributed by atoms with Crippen molar-refractivity contribution in [1.29, 1.82) is 0 Å². The number of anilines is 2. The molecule has 1 N–H and O–H groups in total.